The number of aromatic hydroxyl groups is 1. The van der Waals surface area contributed by atoms with Crippen LogP contribution in [0.1, 0.15) is 30.7 Å². The first-order valence-corrected chi connectivity index (χ1v) is 10.4. The Morgan fingerprint density at radius 3 is 2.39 bits per heavy atom. The van der Waals surface area contributed by atoms with Gasteiger partial charge in [0.1, 0.15) is 5.82 Å². The molecule has 1 aromatic heterocycles. The Labute approximate surface area is 165 Å². The molecule has 0 amide bonds. The number of nitrogens with one attached hydrogen (secondary N) is 1. The summed E-state index contributed by atoms with van der Waals surface area (Å²) in [5.74, 6) is 0.756. The van der Waals surface area contributed by atoms with Crippen molar-refractivity contribution in [3.8, 4) is 11.5 Å². The molecule has 9 heteroatoms. The van der Waals surface area contributed by atoms with Gasteiger partial charge in [0.05, 0.1) is 43.7 Å². The highest BCUT2D eigenvalue weighted by atomic mass is 31.2. The van der Waals surface area contributed by atoms with Crippen LogP contribution in [0.25, 0.3) is 5.31 Å². The summed E-state index contributed by atoms with van der Waals surface area (Å²) in [6, 6.07) is 3.28. The number of aryl methyl sites for hydroxylation is 2. The summed E-state index contributed by atoms with van der Waals surface area (Å²) >= 11 is 0. The van der Waals surface area contributed by atoms with Crippen molar-refractivity contribution in [1.29, 1.82) is 0 Å². The molecular weight excluding hydrogens is 381 g/mol. The van der Waals surface area contributed by atoms with Crippen molar-refractivity contribution >= 4 is 18.7 Å². The lowest BCUT2D eigenvalue weighted by Gasteiger charge is -2.21. The molecule has 0 fully saturated rings. The normalized spacial score (nSPS) is 12.1. The molecule has 0 atom stereocenters. The van der Waals surface area contributed by atoms with Gasteiger partial charge in [0.2, 0.25) is 0 Å². The highest BCUT2D eigenvalue weighted by molar-refractivity contribution is 7.65. The van der Waals surface area contributed by atoms with Crippen LogP contribution in [0.5, 0.6) is 11.5 Å². The average Bonchev–Trinajstić information content (AvgIpc) is 2.66. The second-order valence-electron chi connectivity index (χ2n) is 5.89. The number of ether oxygens (including phenoxy) is 1. The number of methoxy groups -OCH3 is 1. The molecule has 2 rings (SSSR count). The number of nitrogens with zero attached hydrogens (tertiary/aromatic N) is 2. The summed E-state index contributed by atoms with van der Waals surface area (Å²) in [5.41, 5.74) is 1.88. The maximum Gasteiger partial charge on any atom is 0.363 e. The molecule has 2 N–H and O–H groups in total. The summed E-state index contributed by atoms with van der Waals surface area (Å²) in [6.45, 7) is 7.45. The first-order valence-electron chi connectivity index (χ1n) is 8.87. The van der Waals surface area contributed by atoms with Gasteiger partial charge in [-0.25, -0.2) is 4.98 Å². The number of benzene rings is 1. The van der Waals surface area contributed by atoms with Gasteiger partial charge in [-0.1, -0.05) is 0 Å². The van der Waals surface area contributed by atoms with Crippen molar-refractivity contribution in [1.82, 2.24) is 9.97 Å². The second kappa shape index (κ2) is 9.68. The Kier molecular flexibility index (Phi) is 7.57. The first-order chi connectivity index (χ1) is 13.3. The van der Waals surface area contributed by atoms with E-state index in [9.17, 15) is 9.67 Å². The molecule has 0 bridgehead atoms. The molecule has 0 saturated heterocycles. The minimum Gasteiger partial charge on any atom is -0.504 e. The van der Waals surface area contributed by atoms with Gasteiger partial charge in [-0.3, -0.25) is 9.55 Å². The second-order valence-corrected chi connectivity index (χ2v) is 7.89. The van der Waals surface area contributed by atoms with Crippen LogP contribution in [-0.4, -0.2) is 35.4 Å². The minimum absolute atomic E-state index is 0.0191. The van der Waals surface area contributed by atoms with Crippen molar-refractivity contribution in [2.75, 3.05) is 25.6 Å². The van der Waals surface area contributed by atoms with E-state index < -0.39 is 7.60 Å². The van der Waals surface area contributed by atoms with E-state index in [-0.39, 0.29) is 24.7 Å². The van der Waals surface area contributed by atoms with Gasteiger partial charge in [0, 0.05) is 6.20 Å². The Morgan fingerprint density at radius 2 is 1.86 bits per heavy atom. The van der Waals surface area contributed by atoms with Crippen molar-refractivity contribution in [3.05, 3.63) is 47.5 Å². The molecule has 28 heavy (non-hydrogen) atoms. The summed E-state index contributed by atoms with van der Waals surface area (Å²) in [5, 5.41) is 13.4. The van der Waals surface area contributed by atoms with E-state index >= 15 is 0 Å². The number of phenolic OH excluding ortho intramolecular Hbond substituents is 1. The third-order valence-corrected chi connectivity index (χ3v) is 5.99. The Morgan fingerprint density at radius 1 is 1.18 bits per heavy atom. The molecule has 8 nitrogen and oxygen atoms in total. The van der Waals surface area contributed by atoms with Crippen LogP contribution < -0.4 is 10.1 Å². The maximum atomic E-state index is 13.5. The number of phenols is 1. The molecule has 0 aliphatic heterocycles. The topological polar surface area (TPSA) is 103 Å². The summed E-state index contributed by atoms with van der Waals surface area (Å²) in [7, 11) is -2.20. The van der Waals surface area contributed by atoms with Crippen molar-refractivity contribution in [2.24, 2.45) is 0 Å². The molecular formula is C19H26N3O5P. The Bertz CT molecular complexity index is 874. The fourth-order valence-electron chi connectivity index (χ4n) is 2.50. The van der Waals surface area contributed by atoms with E-state index in [1.165, 1.54) is 13.3 Å². The minimum atomic E-state index is -3.65. The number of rotatable bonds is 9. The summed E-state index contributed by atoms with van der Waals surface area (Å²) < 4.78 is 29.8. The fraction of sp³-hybridized carbons (Fsp3) is 0.368. The molecule has 0 radical (unpaired) electrons. The fourth-order valence-corrected chi connectivity index (χ4v) is 4.20. The van der Waals surface area contributed by atoms with E-state index in [1.54, 1.807) is 45.3 Å². The largest absolute Gasteiger partial charge is 0.504 e. The summed E-state index contributed by atoms with van der Waals surface area (Å²) in [6.07, 6.45) is 4.71. The molecule has 0 aliphatic rings. The van der Waals surface area contributed by atoms with Crippen LogP contribution in [0, 0.1) is 13.8 Å². The lowest BCUT2D eigenvalue weighted by molar-refractivity contribution is 0.230. The van der Waals surface area contributed by atoms with Crippen LogP contribution in [0.3, 0.4) is 0 Å². The quantitative estimate of drug-likeness (QED) is 0.587. The van der Waals surface area contributed by atoms with E-state index in [1.807, 2.05) is 6.92 Å². The predicted octanol–water partition coefficient (Wildman–Crippen LogP) is 4.48. The van der Waals surface area contributed by atoms with Gasteiger partial charge in [0.15, 0.2) is 11.5 Å². The van der Waals surface area contributed by atoms with Crippen molar-refractivity contribution in [3.63, 3.8) is 0 Å². The predicted molar refractivity (Wildman–Crippen MR) is 109 cm³/mol. The molecule has 0 unspecified atom stereocenters. The van der Waals surface area contributed by atoms with E-state index in [0.717, 1.165) is 5.69 Å². The average molecular weight is 407 g/mol. The molecule has 2 aromatic rings. The van der Waals surface area contributed by atoms with Crippen LogP contribution in [-0.2, 0) is 13.6 Å². The lowest BCUT2D eigenvalue weighted by Crippen LogP contribution is -2.03. The third-order valence-electron chi connectivity index (χ3n) is 3.81. The van der Waals surface area contributed by atoms with Crippen molar-refractivity contribution in [2.45, 2.75) is 27.7 Å². The number of anilines is 1. The van der Waals surface area contributed by atoms with Crippen LogP contribution in [0.15, 0.2) is 30.7 Å². The van der Waals surface area contributed by atoms with Gasteiger partial charge in [-0.2, -0.15) is 0 Å². The van der Waals surface area contributed by atoms with Crippen LogP contribution in [0.4, 0.5) is 5.82 Å². The van der Waals surface area contributed by atoms with Gasteiger partial charge in [-0.05, 0) is 51.0 Å². The number of hydrogen-bond acceptors (Lipinski definition) is 8. The highest BCUT2D eigenvalue weighted by Crippen LogP contribution is 2.61. The van der Waals surface area contributed by atoms with E-state index in [2.05, 4.69) is 15.3 Å². The zero-order valence-corrected chi connectivity index (χ0v) is 17.6. The van der Waals surface area contributed by atoms with E-state index in [4.69, 9.17) is 13.8 Å². The smallest absolute Gasteiger partial charge is 0.363 e. The molecule has 0 saturated carbocycles. The monoisotopic (exact) mass is 407 g/mol. The molecule has 0 aliphatic carbocycles. The van der Waals surface area contributed by atoms with Crippen LogP contribution >= 0.6 is 7.60 Å². The van der Waals surface area contributed by atoms with Gasteiger partial charge in [-0.15, -0.1) is 0 Å². The Hall–Kier alpha value is -2.41. The molecule has 152 valence electrons. The molecule has 1 aromatic carbocycles. The standard InChI is InChI=1S/C19H26N3O5P/c1-6-26-28(24,27-7-2)17(11-22-18-12-20-14(4)10-21-18)15-8-13(3)19(23)16(9-15)25-5/h8-12,23H,6-7H2,1-5H3,(H,21,22)/b17-11+. The highest BCUT2D eigenvalue weighted by Gasteiger charge is 2.32. The summed E-state index contributed by atoms with van der Waals surface area (Å²) in [4.78, 5) is 8.41. The third kappa shape index (κ3) is 5.10. The zero-order chi connectivity index (χ0) is 20.7. The van der Waals surface area contributed by atoms with Gasteiger partial charge >= 0.3 is 7.60 Å². The van der Waals surface area contributed by atoms with Gasteiger partial charge in [0.25, 0.3) is 0 Å². The first kappa shape index (κ1) is 21.9. The van der Waals surface area contributed by atoms with Crippen LogP contribution in [0.2, 0.25) is 0 Å². The number of aromatic nitrogens is 2. The lowest BCUT2D eigenvalue weighted by atomic mass is 10.1. The molecule has 0 spiro atoms. The van der Waals surface area contributed by atoms with Gasteiger partial charge < -0.3 is 24.2 Å². The van der Waals surface area contributed by atoms with Crippen molar-refractivity contribution < 1.29 is 23.5 Å². The van der Waals surface area contributed by atoms with E-state index in [0.29, 0.717) is 22.3 Å². The SMILES string of the molecule is CCOP(=O)(OCC)/C(=C/Nc1cnc(C)cn1)c1cc(C)c(O)c(OC)c1. The Balaban J connectivity index is 2.58. The zero-order valence-electron chi connectivity index (χ0n) is 16.7. The molecule has 1 heterocycles. The maximum absolute atomic E-state index is 13.5. The number of hydrogen-bond donors (Lipinski definition) is 2.